The molecule has 1 heterocycles. The Morgan fingerprint density at radius 2 is 2.21 bits per heavy atom. The molecule has 0 saturated carbocycles. The molecule has 0 spiro atoms. The Kier molecular flexibility index (Phi) is 3.48. The van der Waals surface area contributed by atoms with Gasteiger partial charge in [0.2, 0.25) is 0 Å². The Morgan fingerprint density at radius 3 is 2.71 bits per heavy atom. The molecule has 2 N–H and O–H groups in total. The predicted molar refractivity (Wildman–Crippen MR) is 46.4 cm³/mol. The fourth-order valence-electron chi connectivity index (χ4n) is 1.10. The number of pyridine rings is 1. The number of hydrogen-bond donors (Lipinski definition) is 1. The maximum Gasteiger partial charge on any atom is 0.280 e. The molecule has 0 saturated heterocycles. The van der Waals surface area contributed by atoms with Crippen LogP contribution in [-0.4, -0.2) is 4.98 Å². The minimum atomic E-state index is -2.60. The molecule has 0 radical (unpaired) electrons. The summed E-state index contributed by atoms with van der Waals surface area (Å²) in [6.07, 6.45) is -1.17. The number of aromatic nitrogens is 1. The van der Waals surface area contributed by atoms with Crippen LogP contribution in [0.3, 0.4) is 0 Å². The lowest BCUT2D eigenvalue weighted by molar-refractivity contribution is 0.146. The number of nitrogens with two attached hydrogens (primary N) is 1. The number of rotatable bonds is 3. The van der Waals surface area contributed by atoms with E-state index in [1.165, 1.54) is 12.3 Å². The van der Waals surface area contributed by atoms with Gasteiger partial charge in [-0.1, -0.05) is 0 Å². The summed E-state index contributed by atoms with van der Waals surface area (Å²) in [5, 5.41) is 8.45. The van der Waals surface area contributed by atoms with E-state index in [9.17, 15) is 8.78 Å². The van der Waals surface area contributed by atoms with E-state index in [2.05, 4.69) is 4.98 Å². The molecule has 0 aliphatic heterocycles. The number of nitriles is 1. The lowest BCUT2D eigenvalue weighted by Crippen LogP contribution is -2.04. The first-order valence-electron chi connectivity index (χ1n) is 4.02. The van der Waals surface area contributed by atoms with E-state index in [1.807, 2.05) is 6.07 Å². The second kappa shape index (κ2) is 4.63. The normalized spacial score (nSPS) is 10.2. The second-order valence-electron chi connectivity index (χ2n) is 2.72. The molecule has 1 rings (SSSR count). The van der Waals surface area contributed by atoms with E-state index in [4.69, 9.17) is 11.0 Å². The first-order chi connectivity index (χ1) is 6.69. The first kappa shape index (κ1) is 10.5. The van der Waals surface area contributed by atoms with Crippen molar-refractivity contribution < 1.29 is 8.78 Å². The van der Waals surface area contributed by atoms with E-state index in [-0.39, 0.29) is 18.7 Å². The third-order valence-electron chi connectivity index (χ3n) is 1.82. The van der Waals surface area contributed by atoms with E-state index >= 15 is 0 Å². The molecule has 74 valence electrons. The van der Waals surface area contributed by atoms with Gasteiger partial charge in [0.25, 0.3) is 6.43 Å². The van der Waals surface area contributed by atoms with Crippen LogP contribution in [0.5, 0.6) is 0 Å². The fourth-order valence-corrected chi connectivity index (χ4v) is 1.10. The zero-order chi connectivity index (χ0) is 10.6. The lowest BCUT2D eigenvalue weighted by atomic mass is 10.1. The van der Waals surface area contributed by atoms with Gasteiger partial charge >= 0.3 is 0 Å². The highest BCUT2D eigenvalue weighted by Gasteiger charge is 2.11. The molecule has 0 fully saturated rings. The Balaban J connectivity index is 3.06. The van der Waals surface area contributed by atoms with Crippen molar-refractivity contribution in [1.82, 2.24) is 4.98 Å². The molecule has 5 heteroatoms. The van der Waals surface area contributed by atoms with Crippen molar-refractivity contribution in [3.8, 4) is 6.07 Å². The maximum atomic E-state index is 12.2. The third kappa shape index (κ3) is 2.24. The van der Waals surface area contributed by atoms with Crippen molar-refractivity contribution in [2.75, 3.05) is 0 Å². The standard InChI is InChI=1S/C9H9F2N3/c10-9(11)8-3-7(4-13)6(1-2-12)5-14-8/h3,5,9H,1,4,13H2. The Hall–Kier alpha value is -1.54. The van der Waals surface area contributed by atoms with E-state index < -0.39 is 6.43 Å². The zero-order valence-electron chi connectivity index (χ0n) is 7.37. The van der Waals surface area contributed by atoms with E-state index in [0.717, 1.165) is 0 Å². The van der Waals surface area contributed by atoms with Crippen LogP contribution >= 0.6 is 0 Å². The van der Waals surface area contributed by atoms with Gasteiger partial charge in [-0.2, -0.15) is 5.26 Å². The average molecular weight is 197 g/mol. The minimum Gasteiger partial charge on any atom is -0.326 e. The molecule has 1 aromatic rings. The molecular weight excluding hydrogens is 188 g/mol. The number of nitrogens with zero attached hydrogens (tertiary/aromatic N) is 2. The van der Waals surface area contributed by atoms with Crippen molar-refractivity contribution in [3.05, 3.63) is 29.1 Å². The number of alkyl halides is 2. The van der Waals surface area contributed by atoms with Crippen molar-refractivity contribution >= 4 is 0 Å². The lowest BCUT2D eigenvalue weighted by Gasteiger charge is -2.06. The SMILES string of the molecule is N#CCc1cnc(C(F)F)cc1CN. The molecular formula is C9H9F2N3. The van der Waals surface area contributed by atoms with Crippen molar-refractivity contribution in [2.45, 2.75) is 19.4 Å². The Labute approximate surface area is 80.2 Å². The summed E-state index contributed by atoms with van der Waals surface area (Å²) in [5.74, 6) is 0. The largest absolute Gasteiger partial charge is 0.326 e. The summed E-state index contributed by atoms with van der Waals surface area (Å²) in [4.78, 5) is 3.55. The molecule has 3 nitrogen and oxygen atoms in total. The Morgan fingerprint density at radius 1 is 1.50 bits per heavy atom. The van der Waals surface area contributed by atoms with Crippen molar-refractivity contribution in [3.63, 3.8) is 0 Å². The topological polar surface area (TPSA) is 62.7 Å². The van der Waals surface area contributed by atoms with Crippen molar-refractivity contribution in [1.29, 1.82) is 5.26 Å². The number of halogens is 2. The van der Waals surface area contributed by atoms with Gasteiger partial charge in [0.1, 0.15) is 5.69 Å². The maximum absolute atomic E-state index is 12.2. The van der Waals surface area contributed by atoms with E-state index in [0.29, 0.717) is 11.1 Å². The summed E-state index contributed by atoms with van der Waals surface area (Å²) in [6.45, 7) is 0.138. The van der Waals surface area contributed by atoms with Crippen LogP contribution in [0.15, 0.2) is 12.3 Å². The third-order valence-corrected chi connectivity index (χ3v) is 1.82. The Bertz CT molecular complexity index is 358. The first-order valence-corrected chi connectivity index (χ1v) is 4.02. The molecule has 1 aromatic heterocycles. The predicted octanol–water partition coefficient (Wildman–Crippen LogP) is 1.54. The molecule has 14 heavy (non-hydrogen) atoms. The fraction of sp³-hybridized carbons (Fsp3) is 0.333. The molecule has 0 bridgehead atoms. The molecule has 0 amide bonds. The smallest absolute Gasteiger partial charge is 0.280 e. The van der Waals surface area contributed by atoms with Gasteiger partial charge in [-0.05, 0) is 17.2 Å². The summed E-state index contributed by atoms with van der Waals surface area (Å²) < 4.78 is 24.5. The summed E-state index contributed by atoms with van der Waals surface area (Å²) in [7, 11) is 0. The van der Waals surface area contributed by atoms with Crippen LogP contribution in [0.4, 0.5) is 8.78 Å². The van der Waals surface area contributed by atoms with Crippen LogP contribution in [-0.2, 0) is 13.0 Å². The zero-order valence-corrected chi connectivity index (χ0v) is 7.37. The van der Waals surface area contributed by atoms with Crippen molar-refractivity contribution in [2.24, 2.45) is 5.73 Å². The second-order valence-corrected chi connectivity index (χ2v) is 2.72. The van der Waals surface area contributed by atoms with Crippen LogP contribution in [0, 0.1) is 11.3 Å². The molecule has 0 aliphatic rings. The van der Waals surface area contributed by atoms with Gasteiger partial charge in [-0.15, -0.1) is 0 Å². The quantitative estimate of drug-likeness (QED) is 0.799. The van der Waals surface area contributed by atoms with Crippen LogP contribution in [0.25, 0.3) is 0 Å². The average Bonchev–Trinajstić information content (AvgIpc) is 2.18. The number of hydrogen-bond acceptors (Lipinski definition) is 3. The molecule has 0 unspecified atom stereocenters. The monoisotopic (exact) mass is 197 g/mol. The molecule has 0 aromatic carbocycles. The summed E-state index contributed by atoms with van der Waals surface area (Å²) in [5.41, 5.74) is 6.23. The van der Waals surface area contributed by atoms with Gasteiger partial charge in [0.05, 0.1) is 12.5 Å². The van der Waals surface area contributed by atoms with E-state index in [1.54, 1.807) is 0 Å². The molecule has 0 aliphatic carbocycles. The highest BCUT2D eigenvalue weighted by atomic mass is 19.3. The van der Waals surface area contributed by atoms with Crippen LogP contribution < -0.4 is 5.73 Å². The van der Waals surface area contributed by atoms with Gasteiger partial charge in [-0.25, -0.2) is 8.78 Å². The van der Waals surface area contributed by atoms with Crippen LogP contribution in [0.1, 0.15) is 23.2 Å². The summed E-state index contributed by atoms with van der Waals surface area (Å²) >= 11 is 0. The van der Waals surface area contributed by atoms with Gasteiger partial charge in [-0.3, -0.25) is 4.98 Å². The van der Waals surface area contributed by atoms with Gasteiger partial charge < -0.3 is 5.73 Å². The highest BCUT2D eigenvalue weighted by molar-refractivity contribution is 5.29. The minimum absolute atomic E-state index is 0.138. The summed E-state index contributed by atoms with van der Waals surface area (Å²) in [6, 6.07) is 3.17. The molecule has 0 atom stereocenters. The van der Waals surface area contributed by atoms with Gasteiger partial charge in [0, 0.05) is 12.7 Å². The van der Waals surface area contributed by atoms with Gasteiger partial charge in [0.15, 0.2) is 0 Å². The highest BCUT2D eigenvalue weighted by Crippen LogP contribution is 2.19. The van der Waals surface area contributed by atoms with Crippen LogP contribution in [0.2, 0.25) is 0 Å².